The van der Waals surface area contributed by atoms with Crippen molar-refractivity contribution in [2.75, 3.05) is 40.5 Å². The number of primary amides is 2. The van der Waals surface area contributed by atoms with E-state index in [9.17, 15) is 42.3 Å². The first-order valence-electron chi connectivity index (χ1n) is 18.2. The molecule has 18 nitrogen and oxygen atoms in total. The van der Waals surface area contributed by atoms with Crippen LogP contribution in [0.5, 0.6) is 11.5 Å². The second kappa shape index (κ2) is 18.9. The number of hydrogen-bond acceptors (Lipinski definition) is 13. The molecule has 1 saturated heterocycles. The number of phenolic OH excluding ortho intramolecular Hbond substituents is 1. The van der Waals surface area contributed by atoms with Crippen molar-refractivity contribution < 1.29 is 61.2 Å². The molecule has 310 valence electrons. The van der Waals surface area contributed by atoms with Gasteiger partial charge in [-0.1, -0.05) is 24.3 Å². The SMILES string of the molecule is COC(=O)CCC(C(N)=O)N1Cc2c(O)cccc2C1=O.COC(=O)CCC(C(N)=O)N1Cc2c(OCc3ccc(S(=O)(=O)N4CCOCC4)cc3)cccc2C1=O. The molecule has 6 rings (SSSR count). The van der Waals surface area contributed by atoms with E-state index in [1.54, 1.807) is 54.6 Å². The Morgan fingerprint density at radius 2 is 1.26 bits per heavy atom. The van der Waals surface area contributed by atoms with Crippen LogP contribution in [0.2, 0.25) is 0 Å². The molecule has 58 heavy (non-hydrogen) atoms. The van der Waals surface area contributed by atoms with E-state index in [0.717, 1.165) is 5.56 Å². The minimum Gasteiger partial charge on any atom is -0.508 e. The average Bonchev–Trinajstić information content (AvgIpc) is 3.74. The molecule has 1 fully saturated rings. The first-order valence-corrected chi connectivity index (χ1v) is 19.7. The van der Waals surface area contributed by atoms with E-state index in [4.69, 9.17) is 20.9 Å². The smallest absolute Gasteiger partial charge is 0.305 e. The van der Waals surface area contributed by atoms with Gasteiger partial charge in [0.25, 0.3) is 11.8 Å². The molecule has 2 atom stereocenters. The second-order valence-electron chi connectivity index (χ2n) is 13.5. The molecule has 3 aromatic carbocycles. The number of methoxy groups -OCH3 is 2. The van der Waals surface area contributed by atoms with Gasteiger partial charge >= 0.3 is 11.9 Å². The van der Waals surface area contributed by atoms with Gasteiger partial charge in [-0.15, -0.1) is 0 Å². The number of hydrogen-bond donors (Lipinski definition) is 3. The number of amides is 4. The van der Waals surface area contributed by atoms with Gasteiger partial charge in [0, 0.05) is 48.2 Å². The zero-order valence-electron chi connectivity index (χ0n) is 32.0. The number of ether oxygens (including phenoxy) is 4. The largest absolute Gasteiger partial charge is 0.508 e. The highest BCUT2D eigenvalue weighted by Crippen LogP contribution is 2.34. The first-order chi connectivity index (χ1) is 27.7. The maximum absolute atomic E-state index is 13.0. The highest BCUT2D eigenvalue weighted by molar-refractivity contribution is 7.89. The monoisotopic (exact) mass is 823 g/mol. The second-order valence-corrected chi connectivity index (χ2v) is 15.4. The van der Waals surface area contributed by atoms with E-state index < -0.39 is 45.9 Å². The highest BCUT2D eigenvalue weighted by atomic mass is 32.2. The lowest BCUT2D eigenvalue weighted by Crippen LogP contribution is -2.45. The van der Waals surface area contributed by atoms with Crippen LogP contribution in [-0.4, -0.2) is 116 Å². The van der Waals surface area contributed by atoms with Crippen LogP contribution in [-0.2, 0) is 63.1 Å². The van der Waals surface area contributed by atoms with Crippen LogP contribution in [0.25, 0.3) is 0 Å². The van der Waals surface area contributed by atoms with Crippen LogP contribution >= 0.6 is 0 Å². The lowest BCUT2D eigenvalue weighted by Gasteiger charge is -2.26. The lowest BCUT2D eigenvalue weighted by molar-refractivity contribution is -0.142. The van der Waals surface area contributed by atoms with Crippen molar-refractivity contribution in [2.24, 2.45) is 11.5 Å². The Labute approximate surface area is 334 Å². The zero-order valence-corrected chi connectivity index (χ0v) is 32.8. The van der Waals surface area contributed by atoms with Crippen LogP contribution in [0, 0.1) is 0 Å². The van der Waals surface area contributed by atoms with Crippen molar-refractivity contribution in [3.63, 3.8) is 0 Å². The third kappa shape index (κ3) is 9.72. The summed E-state index contributed by atoms with van der Waals surface area (Å²) in [5, 5.41) is 9.77. The number of aromatic hydroxyl groups is 1. The molecule has 0 spiro atoms. The summed E-state index contributed by atoms with van der Waals surface area (Å²) in [6.07, 6.45) is 0.0706. The molecule has 0 aromatic heterocycles. The molecule has 2 unspecified atom stereocenters. The quantitative estimate of drug-likeness (QED) is 0.183. The molecule has 3 aliphatic heterocycles. The van der Waals surface area contributed by atoms with Gasteiger partial charge < -0.3 is 45.3 Å². The predicted molar refractivity (Wildman–Crippen MR) is 203 cm³/mol. The normalized spacial score (nSPS) is 16.0. The van der Waals surface area contributed by atoms with E-state index >= 15 is 0 Å². The Kier molecular flexibility index (Phi) is 14.1. The van der Waals surface area contributed by atoms with Crippen molar-refractivity contribution in [1.29, 1.82) is 0 Å². The van der Waals surface area contributed by atoms with Crippen molar-refractivity contribution in [3.05, 3.63) is 88.5 Å². The number of morpholine rings is 1. The van der Waals surface area contributed by atoms with Crippen LogP contribution < -0.4 is 16.2 Å². The number of benzene rings is 3. The summed E-state index contributed by atoms with van der Waals surface area (Å²) < 4.78 is 47.4. The molecule has 0 radical (unpaired) electrons. The molecule has 0 aliphatic carbocycles. The van der Waals surface area contributed by atoms with Crippen molar-refractivity contribution in [3.8, 4) is 11.5 Å². The fourth-order valence-electron chi connectivity index (χ4n) is 6.77. The summed E-state index contributed by atoms with van der Waals surface area (Å²) in [6.45, 7) is 1.73. The van der Waals surface area contributed by atoms with Gasteiger partial charge in [-0.05, 0) is 54.8 Å². The van der Waals surface area contributed by atoms with Crippen molar-refractivity contribution >= 4 is 45.6 Å². The summed E-state index contributed by atoms with van der Waals surface area (Å²) in [5.41, 5.74) is 13.4. The molecule has 0 bridgehead atoms. The van der Waals surface area contributed by atoms with Gasteiger partial charge in [0.05, 0.1) is 45.4 Å². The molecular formula is C39H45N5O13S. The summed E-state index contributed by atoms with van der Waals surface area (Å²) >= 11 is 0. The van der Waals surface area contributed by atoms with Crippen molar-refractivity contribution in [1.82, 2.24) is 14.1 Å². The summed E-state index contributed by atoms with van der Waals surface area (Å²) in [6, 6.07) is 14.2. The Balaban J connectivity index is 0.000000258. The average molecular weight is 824 g/mol. The van der Waals surface area contributed by atoms with Gasteiger partial charge in [-0.2, -0.15) is 4.31 Å². The Morgan fingerprint density at radius 3 is 1.76 bits per heavy atom. The van der Waals surface area contributed by atoms with E-state index in [0.29, 0.717) is 54.3 Å². The van der Waals surface area contributed by atoms with E-state index in [2.05, 4.69) is 9.47 Å². The number of nitrogens with zero attached hydrogens (tertiary/aromatic N) is 3. The number of nitrogens with two attached hydrogens (primary N) is 2. The van der Waals surface area contributed by atoms with Gasteiger partial charge in [-0.25, -0.2) is 8.42 Å². The maximum Gasteiger partial charge on any atom is 0.305 e. The summed E-state index contributed by atoms with van der Waals surface area (Å²) in [7, 11) is -1.10. The van der Waals surface area contributed by atoms with Crippen LogP contribution in [0.1, 0.15) is 63.1 Å². The molecule has 4 amide bonds. The van der Waals surface area contributed by atoms with Crippen molar-refractivity contribution in [2.45, 2.75) is 62.4 Å². The van der Waals surface area contributed by atoms with Gasteiger partial charge in [0.15, 0.2) is 0 Å². The number of fused-ring (bicyclic) bond motifs is 2. The molecule has 3 heterocycles. The summed E-state index contributed by atoms with van der Waals surface area (Å²) in [4.78, 5) is 74.5. The molecule has 5 N–H and O–H groups in total. The van der Waals surface area contributed by atoms with E-state index in [1.165, 1.54) is 34.4 Å². The third-order valence-corrected chi connectivity index (χ3v) is 11.9. The lowest BCUT2D eigenvalue weighted by atomic mass is 10.1. The number of sulfonamides is 1. The highest BCUT2D eigenvalue weighted by Gasteiger charge is 2.38. The van der Waals surface area contributed by atoms with Gasteiger partial charge in [0.1, 0.15) is 30.2 Å². The zero-order chi connectivity index (χ0) is 42.1. The van der Waals surface area contributed by atoms with Gasteiger partial charge in [0.2, 0.25) is 21.8 Å². The van der Waals surface area contributed by atoms with E-state index in [-0.39, 0.29) is 67.8 Å². The molecule has 19 heteroatoms. The fraction of sp³-hybridized carbons (Fsp3) is 0.385. The van der Waals surface area contributed by atoms with E-state index in [1.807, 2.05) is 0 Å². The Morgan fingerprint density at radius 1 is 0.759 bits per heavy atom. The fourth-order valence-corrected chi connectivity index (χ4v) is 8.18. The molecule has 3 aromatic rings. The van der Waals surface area contributed by atoms with Crippen LogP contribution in [0.4, 0.5) is 0 Å². The molecule has 3 aliphatic rings. The molecule has 0 saturated carbocycles. The standard InChI is InChI=1S/C25H29N3O8S.C14H16N2O5/c1-34-23(29)10-9-21(24(26)30)28-15-20-19(25(28)31)3-2-4-22(20)36-16-17-5-7-18(8-6-17)37(32,33)27-11-13-35-14-12-27;1-21-12(18)6-5-10(13(15)19)16-7-9-8(14(16)20)3-2-4-11(9)17/h2-8,21H,9-16H2,1H3,(H2,26,30);2-4,10,17H,5-7H2,1H3,(H2,15,19). The van der Waals surface area contributed by atoms with Crippen LogP contribution in [0.15, 0.2) is 65.6 Å². The minimum atomic E-state index is -3.59. The topological polar surface area (TPSA) is 255 Å². The van der Waals surface area contributed by atoms with Crippen LogP contribution in [0.3, 0.4) is 0 Å². The number of carbonyl (C=O) groups is 6. The number of rotatable bonds is 15. The van der Waals surface area contributed by atoms with Gasteiger partial charge in [-0.3, -0.25) is 28.8 Å². The number of phenols is 1. The maximum atomic E-state index is 13.0. The number of esters is 2. The Hall–Kier alpha value is -6.05. The Bertz CT molecular complexity index is 2160. The number of carbonyl (C=O) groups excluding carboxylic acids is 6. The third-order valence-electron chi connectivity index (χ3n) is 9.96. The minimum absolute atomic E-state index is 0.000427. The summed E-state index contributed by atoms with van der Waals surface area (Å²) in [5.74, 6) is -2.66. The first kappa shape index (κ1) is 43.1. The predicted octanol–water partition coefficient (Wildman–Crippen LogP) is 1.20. The molecular weight excluding hydrogens is 779 g/mol.